The van der Waals surface area contributed by atoms with Gasteiger partial charge >= 0.3 is 0 Å². The van der Waals surface area contributed by atoms with Crippen molar-refractivity contribution in [1.29, 1.82) is 0 Å². The van der Waals surface area contributed by atoms with Gasteiger partial charge in [0, 0.05) is 11.1 Å². The van der Waals surface area contributed by atoms with Gasteiger partial charge in [-0.2, -0.15) is 0 Å². The Bertz CT molecular complexity index is 934. The summed E-state index contributed by atoms with van der Waals surface area (Å²) in [6.07, 6.45) is 6.54. The van der Waals surface area contributed by atoms with Crippen LogP contribution in [0.2, 0.25) is 0 Å². The fourth-order valence-corrected chi connectivity index (χ4v) is 4.09. The Morgan fingerprint density at radius 2 is 1.27 bits per heavy atom. The van der Waals surface area contributed by atoms with Crippen molar-refractivity contribution in [2.75, 3.05) is 0 Å². The van der Waals surface area contributed by atoms with Gasteiger partial charge in [-0.25, -0.2) is 0 Å². The third kappa shape index (κ3) is 2.32. The Kier molecular flexibility index (Phi) is 4.22. The van der Waals surface area contributed by atoms with E-state index < -0.39 is 5.41 Å². The lowest BCUT2D eigenvalue weighted by molar-refractivity contribution is 0.434. The van der Waals surface area contributed by atoms with E-state index in [1.807, 2.05) is 12.1 Å². The maximum Gasteiger partial charge on any atom is 0.132 e. The summed E-state index contributed by atoms with van der Waals surface area (Å²) in [5.41, 5.74) is 4.45. The molecule has 1 heteroatoms. The molecule has 0 fully saturated rings. The van der Waals surface area contributed by atoms with Gasteiger partial charge in [0.1, 0.15) is 11.5 Å². The molecule has 0 bridgehead atoms. The number of rotatable bonds is 3. The molecule has 0 saturated heterocycles. The molecule has 128 valence electrons. The molecule has 0 aromatic heterocycles. The maximum atomic E-state index is 6.28. The van der Waals surface area contributed by atoms with E-state index in [1.165, 1.54) is 22.3 Å². The van der Waals surface area contributed by atoms with Gasteiger partial charge in [-0.3, -0.25) is 0 Å². The molecule has 26 heavy (non-hydrogen) atoms. The molecular formula is C25H22O. The second kappa shape index (κ2) is 6.68. The summed E-state index contributed by atoms with van der Waals surface area (Å²) >= 11 is 0. The molecule has 1 heterocycles. The van der Waals surface area contributed by atoms with E-state index in [9.17, 15) is 0 Å². The SMILES string of the molecule is C/C=C\C(=C/C)C1(c2ccccc2)c2ccccc2Oc2ccccc21. The van der Waals surface area contributed by atoms with E-state index in [0.29, 0.717) is 0 Å². The molecule has 0 aliphatic carbocycles. The van der Waals surface area contributed by atoms with Crippen molar-refractivity contribution < 1.29 is 4.74 Å². The molecule has 1 nitrogen and oxygen atoms in total. The van der Waals surface area contributed by atoms with Crippen LogP contribution in [0.4, 0.5) is 0 Å². The van der Waals surface area contributed by atoms with Gasteiger partial charge in [0.05, 0.1) is 5.41 Å². The number of hydrogen-bond acceptors (Lipinski definition) is 1. The van der Waals surface area contributed by atoms with Crippen LogP contribution >= 0.6 is 0 Å². The Balaban J connectivity index is 2.18. The van der Waals surface area contributed by atoms with Gasteiger partial charge in [-0.05, 0) is 37.1 Å². The zero-order valence-electron chi connectivity index (χ0n) is 15.1. The molecular weight excluding hydrogens is 316 g/mol. The van der Waals surface area contributed by atoms with Gasteiger partial charge in [0.2, 0.25) is 0 Å². The van der Waals surface area contributed by atoms with E-state index in [0.717, 1.165) is 11.5 Å². The number of para-hydroxylation sites is 2. The molecule has 4 rings (SSSR count). The average molecular weight is 338 g/mol. The van der Waals surface area contributed by atoms with Crippen molar-refractivity contribution in [2.45, 2.75) is 19.3 Å². The maximum absolute atomic E-state index is 6.28. The van der Waals surface area contributed by atoms with Crippen LogP contribution in [0, 0.1) is 0 Å². The monoisotopic (exact) mass is 338 g/mol. The highest BCUT2D eigenvalue weighted by Gasteiger charge is 2.45. The van der Waals surface area contributed by atoms with Crippen molar-refractivity contribution >= 4 is 0 Å². The fraction of sp³-hybridized carbons (Fsp3) is 0.120. The summed E-state index contributed by atoms with van der Waals surface area (Å²) < 4.78 is 6.28. The summed E-state index contributed by atoms with van der Waals surface area (Å²) in [6.45, 7) is 4.18. The molecule has 0 saturated carbocycles. The van der Waals surface area contributed by atoms with Crippen LogP contribution in [0.1, 0.15) is 30.5 Å². The van der Waals surface area contributed by atoms with Crippen LogP contribution in [0.25, 0.3) is 0 Å². The third-order valence-corrected chi connectivity index (χ3v) is 5.10. The first kappa shape index (κ1) is 16.4. The molecule has 0 unspecified atom stereocenters. The molecule has 1 aliphatic heterocycles. The summed E-state index contributed by atoms with van der Waals surface area (Å²) in [5.74, 6) is 1.83. The Morgan fingerprint density at radius 1 is 0.731 bits per heavy atom. The lowest BCUT2D eigenvalue weighted by Gasteiger charge is -2.42. The lowest BCUT2D eigenvalue weighted by atomic mass is 9.63. The molecule has 0 atom stereocenters. The van der Waals surface area contributed by atoms with E-state index in [-0.39, 0.29) is 0 Å². The van der Waals surface area contributed by atoms with Gasteiger partial charge in [0.15, 0.2) is 0 Å². The minimum absolute atomic E-state index is 0.395. The number of fused-ring (bicyclic) bond motifs is 2. The number of ether oxygens (including phenoxy) is 1. The minimum Gasteiger partial charge on any atom is -0.457 e. The van der Waals surface area contributed by atoms with Crippen LogP contribution in [0.5, 0.6) is 11.5 Å². The van der Waals surface area contributed by atoms with Crippen LogP contribution in [-0.4, -0.2) is 0 Å². The van der Waals surface area contributed by atoms with Gasteiger partial charge in [-0.1, -0.05) is 85.0 Å². The molecule has 3 aromatic carbocycles. The quantitative estimate of drug-likeness (QED) is 0.486. The van der Waals surface area contributed by atoms with Crippen LogP contribution in [0.3, 0.4) is 0 Å². The molecule has 3 aromatic rings. The lowest BCUT2D eigenvalue weighted by Crippen LogP contribution is -2.34. The van der Waals surface area contributed by atoms with Crippen molar-refractivity contribution in [3.63, 3.8) is 0 Å². The summed E-state index contributed by atoms with van der Waals surface area (Å²) in [4.78, 5) is 0. The van der Waals surface area contributed by atoms with Crippen LogP contribution in [-0.2, 0) is 5.41 Å². The van der Waals surface area contributed by atoms with Gasteiger partial charge < -0.3 is 4.74 Å². The molecule has 0 spiro atoms. The topological polar surface area (TPSA) is 9.23 Å². The van der Waals surface area contributed by atoms with Crippen molar-refractivity contribution in [2.24, 2.45) is 0 Å². The Labute approximate surface area is 155 Å². The first-order valence-electron chi connectivity index (χ1n) is 9.04. The Hall–Kier alpha value is -3.06. The third-order valence-electron chi connectivity index (χ3n) is 5.10. The normalized spacial score (nSPS) is 15.2. The predicted octanol–water partition coefficient (Wildman–Crippen LogP) is 6.65. The molecule has 0 radical (unpaired) electrons. The van der Waals surface area contributed by atoms with E-state index >= 15 is 0 Å². The highest BCUT2D eigenvalue weighted by Crippen LogP contribution is 2.55. The molecule has 0 N–H and O–H groups in total. The van der Waals surface area contributed by atoms with E-state index in [2.05, 4.69) is 98.8 Å². The van der Waals surface area contributed by atoms with Gasteiger partial charge in [-0.15, -0.1) is 0 Å². The highest BCUT2D eigenvalue weighted by molar-refractivity contribution is 5.69. The second-order valence-corrected chi connectivity index (χ2v) is 6.45. The zero-order valence-corrected chi connectivity index (χ0v) is 15.1. The predicted molar refractivity (Wildman–Crippen MR) is 108 cm³/mol. The smallest absolute Gasteiger partial charge is 0.132 e. The Morgan fingerprint density at radius 3 is 1.81 bits per heavy atom. The standard InChI is InChI=1S/C25H22O/c1-3-12-19(4-2)25(20-13-6-5-7-14-20)21-15-8-10-17-23(21)26-24-18-11-9-16-22(24)25/h3-18H,1-2H3/b12-3-,19-4+. The molecule has 0 amide bonds. The van der Waals surface area contributed by atoms with Crippen LogP contribution in [0.15, 0.2) is 103 Å². The summed E-state index contributed by atoms with van der Waals surface area (Å²) in [6, 6.07) is 27.5. The number of hydrogen-bond donors (Lipinski definition) is 0. The summed E-state index contributed by atoms with van der Waals surface area (Å²) in [7, 11) is 0. The number of benzene rings is 3. The molecule has 1 aliphatic rings. The van der Waals surface area contributed by atoms with Gasteiger partial charge in [0.25, 0.3) is 0 Å². The van der Waals surface area contributed by atoms with Crippen molar-refractivity contribution in [1.82, 2.24) is 0 Å². The zero-order chi connectivity index (χ0) is 18.0. The average Bonchev–Trinajstić information content (AvgIpc) is 2.71. The van der Waals surface area contributed by atoms with Crippen molar-refractivity contribution in [3.05, 3.63) is 119 Å². The first-order chi connectivity index (χ1) is 12.8. The second-order valence-electron chi connectivity index (χ2n) is 6.45. The van der Waals surface area contributed by atoms with E-state index in [1.54, 1.807) is 0 Å². The number of allylic oxidation sites excluding steroid dienone is 4. The largest absolute Gasteiger partial charge is 0.457 e. The fourth-order valence-electron chi connectivity index (χ4n) is 4.09. The van der Waals surface area contributed by atoms with Crippen LogP contribution < -0.4 is 4.74 Å². The van der Waals surface area contributed by atoms with E-state index in [4.69, 9.17) is 4.74 Å². The summed E-state index contributed by atoms with van der Waals surface area (Å²) in [5, 5.41) is 0. The van der Waals surface area contributed by atoms with Crippen molar-refractivity contribution in [3.8, 4) is 11.5 Å². The highest BCUT2D eigenvalue weighted by atomic mass is 16.5. The minimum atomic E-state index is -0.395. The first-order valence-corrected chi connectivity index (χ1v) is 9.04.